The molecule has 2 nitrogen and oxygen atoms in total. The number of hydrogen-bond donors (Lipinski definition) is 1. The van der Waals surface area contributed by atoms with Crippen molar-refractivity contribution in [2.45, 2.75) is 71.0 Å². The van der Waals surface area contributed by atoms with Gasteiger partial charge in [-0.25, -0.2) is 0 Å². The highest BCUT2D eigenvalue weighted by Gasteiger charge is 2.41. The second kappa shape index (κ2) is 7.06. The van der Waals surface area contributed by atoms with Crippen molar-refractivity contribution in [1.29, 1.82) is 0 Å². The van der Waals surface area contributed by atoms with Crippen LogP contribution in [0.5, 0.6) is 0 Å². The Bertz CT molecular complexity index is 405. The van der Waals surface area contributed by atoms with Crippen LogP contribution in [0, 0.1) is 5.92 Å². The van der Waals surface area contributed by atoms with Gasteiger partial charge in [0.1, 0.15) is 0 Å². The Labute approximate surface area is 127 Å². The molecule has 1 aromatic heterocycles. The predicted molar refractivity (Wildman–Crippen MR) is 85.4 cm³/mol. The summed E-state index contributed by atoms with van der Waals surface area (Å²) in [6.07, 6.45) is 5.76. The summed E-state index contributed by atoms with van der Waals surface area (Å²) in [5, 5.41) is 10.8. The van der Waals surface area contributed by atoms with Crippen molar-refractivity contribution in [2.75, 3.05) is 6.61 Å². The monoisotopic (exact) mass is 296 g/mol. The summed E-state index contributed by atoms with van der Waals surface area (Å²) < 4.78 is 6.04. The molecule has 1 saturated carbocycles. The van der Waals surface area contributed by atoms with Gasteiger partial charge in [0.05, 0.1) is 11.7 Å². The zero-order chi connectivity index (χ0) is 14.6. The molecule has 0 amide bonds. The van der Waals surface area contributed by atoms with Gasteiger partial charge in [0.25, 0.3) is 0 Å². The van der Waals surface area contributed by atoms with Crippen LogP contribution in [0.2, 0.25) is 0 Å². The third-order valence-electron chi connectivity index (χ3n) is 4.62. The Morgan fingerprint density at radius 2 is 1.95 bits per heavy atom. The molecule has 0 bridgehead atoms. The Balaban J connectivity index is 2.04. The molecule has 20 heavy (non-hydrogen) atoms. The molecule has 0 saturated heterocycles. The van der Waals surface area contributed by atoms with Crippen LogP contribution in [0.3, 0.4) is 0 Å². The van der Waals surface area contributed by atoms with Crippen LogP contribution in [0.15, 0.2) is 12.1 Å². The molecule has 3 heteroatoms. The molecule has 1 heterocycles. The zero-order valence-electron chi connectivity index (χ0n) is 13.0. The minimum atomic E-state index is -0.377. The van der Waals surface area contributed by atoms with Crippen molar-refractivity contribution in [3.8, 4) is 0 Å². The molecule has 2 rings (SSSR count). The first-order valence-electron chi connectivity index (χ1n) is 7.99. The van der Waals surface area contributed by atoms with Gasteiger partial charge in [-0.1, -0.05) is 13.8 Å². The average molecular weight is 296 g/mol. The van der Waals surface area contributed by atoms with E-state index in [0.29, 0.717) is 6.61 Å². The molecular formula is C17H28O2S. The summed E-state index contributed by atoms with van der Waals surface area (Å²) in [6, 6.07) is 4.35. The summed E-state index contributed by atoms with van der Waals surface area (Å²) in [5.41, 5.74) is -0.308. The van der Waals surface area contributed by atoms with Crippen LogP contribution < -0.4 is 0 Å². The molecule has 0 aromatic carbocycles. The number of hydrogen-bond acceptors (Lipinski definition) is 3. The minimum Gasteiger partial charge on any atom is -0.390 e. The van der Waals surface area contributed by atoms with Gasteiger partial charge in [-0.05, 0) is 57.1 Å². The maximum atomic E-state index is 10.8. The fraction of sp³-hybridized carbons (Fsp3) is 0.765. The Hall–Kier alpha value is -0.380. The molecule has 1 aliphatic carbocycles. The number of aliphatic hydroxyl groups is 1. The molecule has 0 radical (unpaired) electrons. The van der Waals surface area contributed by atoms with Gasteiger partial charge in [0.15, 0.2) is 0 Å². The van der Waals surface area contributed by atoms with Gasteiger partial charge in [-0.15, -0.1) is 11.3 Å². The maximum absolute atomic E-state index is 10.8. The van der Waals surface area contributed by atoms with Gasteiger partial charge in [-0.2, -0.15) is 0 Å². The summed E-state index contributed by atoms with van der Waals surface area (Å²) in [5.74, 6) is 0.768. The van der Waals surface area contributed by atoms with Crippen molar-refractivity contribution in [1.82, 2.24) is 0 Å². The largest absolute Gasteiger partial charge is 0.390 e. The first-order chi connectivity index (χ1) is 9.59. The predicted octanol–water partition coefficient (Wildman–Crippen LogP) is 4.20. The molecule has 0 aliphatic heterocycles. The highest BCUT2D eigenvalue weighted by molar-refractivity contribution is 7.11. The number of thiophene rings is 1. The van der Waals surface area contributed by atoms with E-state index in [-0.39, 0.29) is 11.7 Å². The van der Waals surface area contributed by atoms with E-state index >= 15 is 0 Å². The number of aryl methyl sites for hydroxylation is 1. The van der Waals surface area contributed by atoms with Crippen molar-refractivity contribution in [3.05, 3.63) is 21.9 Å². The second-order valence-corrected chi connectivity index (χ2v) is 7.37. The van der Waals surface area contributed by atoms with Gasteiger partial charge < -0.3 is 9.84 Å². The standard InChI is InChI=1S/C17H28O2S/c1-4-14-6-7-15(20-14)12-16(18)17(19-5-2)10-8-13(3)9-11-17/h6-7,13,16,18H,4-5,8-12H2,1-3H3. The van der Waals surface area contributed by atoms with Crippen LogP contribution in [-0.4, -0.2) is 23.4 Å². The smallest absolute Gasteiger partial charge is 0.0943 e. The van der Waals surface area contributed by atoms with Crippen molar-refractivity contribution >= 4 is 11.3 Å². The highest BCUT2D eigenvalue weighted by atomic mass is 32.1. The molecular weight excluding hydrogens is 268 g/mol. The highest BCUT2D eigenvalue weighted by Crippen LogP contribution is 2.38. The van der Waals surface area contributed by atoms with Crippen molar-refractivity contribution < 1.29 is 9.84 Å². The molecule has 1 atom stereocenters. The number of rotatable bonds is 6. The SMILES string of the molecule is CCOC1(C(O)Cc2ccc(CC)s2)CCC(C)CC1. The van der Waals surface area contributed by atoms with Crippen LogP contribution in [0.1, 0.15) is 56.2 Å². The maximum Gasteiger partial charge on any atom is 0.0943 e. The molecule has 0 spiro atoms. The van der Waals surface area contributed by atoms with Gasteiger partial charge >= 0.3 is 0 Å². The lowest BCUT2D eigenvalue weighted by Crippen LogP contribution is -2.48. The van der Waals surface area contributed by atoms with Crippen LogP contribution in [0.4, 0.5) is 0 Å². The van der Waals surface area contributed by atoms with E-state index in [1.165, 1.54) is 22.6 Å². The quantitative estimate of drug-likeness (QED) is 0.852. The lowest BCUT2D eigenvalue weighted by Gasteiger charge is -2.42. The second-order valence-electron chi connectivity index (χ2n) is 6.12. The zero-order valence-corrected chi connectivity index (χ0v) is 13.8. The van der Waals surface area contributed by atoms with E-state index in [4.69, 9.17) is 4.74 Å². The van der Waals surface area contributed by atoms with Crippen LogP contribution in [-0.2, 0) is 17.6 Å². The lowest BCUT2D eigenvalue weighted by atomic mass is 9.75. The van der Waals surface area contributed by atoms with Crippen LogP contribution in [0.25, 0.3) is 0 Å². The number of aliphatic hydroxyl groups excluding tert-OH is 1. The third-order valence-corrected chi connectivity index (χ3v) is 5.87. The Kier molecular flexibility index (Phi) is 5.65. The van der Waals surface area contributed by atoms with E-state index in [1.54, 1.807) is 0 Å². The fourth-order valence-electron chi connectivity index (χ4n) is 3.21. The van der Waals surface area contributed by atoms with Gasteiger partial charge in [0, 0.05) is 22.8 Å². The summed E-state index contributed by atoms with van der Waals surface area (Å²) >= 11 is 1.83. The Morgan fingerprint density at radius 1 is 1.30 bits per heavy atom. The Morgan fingerprint density at radius 3 is 2.50 bits per heavy atom. The minimum absolute atomic E-state index is 0.308. The number of ether oxygens (including phenoxy) is 1. The molecule has 1 aromatic rings. The van der Waals surface area contributed by atoms with E-state index < -0.39 is 0 Å². The van der Waals surface area contributed by atoms with Crippen molar-refractivity contribution in [3.63, 3.8) is 0 Å². The third kappa shape index (κ3) is 3.63. The molecule has 1 unspecified atom stereocenters. The van der Waals surface area contributed by atoms with Gasteiger partial charge in [-0.3, -0.25) is 0 Å². The first kappa shape index (κ1) is 16.0. The van der Waals surface area contributed by atoms with Crippen molar-refractivity contribution in [2.24, 2.45) is 5.92 Å². The summed E-state index contributed by atoms with van der Waals surface area (Å²) in [4.78, 5) is 2.68. The van der Waals surface area contributed by atoms with E-state index in [9.17, 15) is 5.11 Å². The van der Waals surface area contributed by atoms with Crippen LogP contribution >= 0.6 is 11.3 Å². The summed E-state index contributed by atoms with van der Waals surface area (Å²) in [7, 11) is 0. The fourth-order valence-corrected chi connectivity index (χ4v) is 4.21. The van der Waals surface area contributed by atoms with Gasteiger partial charge in [0.2, 0.25) is 0 Å². The topological polar surface area (TPSA) is 29.5 Å². The lowest BCUT2D eigenvalue weighted by molar-refractivity contribution is -0.143. The van der Waals surface area contributed by atoms with E-state index in [0.717, 1.165) is 31.6 Å². The van der Waals surface area contributed by atoms with E-state index in [2.05, 4.69) is 26.0 Å². The first-order valence-corrected chi connectivity index (χ1v) is 8.81. The normalized spacial score (nSPS) is 28.5. The average Bonchev–Trinajstić information content (AvgIpc) is 2.89. The molecule has 1 fully saturated rings. The molecule has 1 aliphatic rings. The summed E-state index contributed by atoms with van der Waals surface area (Å²) in [6.45, 7) is 7.20. The molecule has 1 N–H and O–H groups in total. The molecule has 114 valence electrons. The van der Waals surface area contributed by atoms with E-state index in [1.807, 2.05) is 18.3 Å².